The van der Waals surface area contributed by atoms with Crippen LogP contribution in [0.2, 0.25) is 0 Å². The van der Waals surface area contributed by atoms with Gasteiger partial charge in [-0.25, -0.2) is 0 Å². The minimum Gasteiger partial charge on any atom is -0.481 e. The van der Waals surface area contributed by atoms with Crippen molar-refractivity contribution in [1.29, 1.82) is 0 Å². The van der Waals surface area contributed by atoms with Crippen molar-refractivity contribution in [2.75, 3.05) is 30.4 Å². The summed E-state index contributed by atoms with van der Waals surface area (Å²) in [6, 6.07) is 5.88. The lowest BCUT2D eigenvalue weighted by Crippen LogP contribution is -2.27. The second-order valence-corrected chi connectivity index (χ2v) is 4.36. The molecule has 0 spiro atoms. The van der Waals surface area contributed by atoms with Gasteiger partial charge in [0.2, 0.25) is 5.88 Å². The van der Waals surface area contributed by atoms with E-state index in [0.29, 0.717) is 5.88 Å². The molecule has 1 rings (SSSR count). The minimum atomic E-state index is 0.675. The molecule has 0 fully saturated rings. The predicted molar refractivity (Wildman–Crippen MR) is 71.7 cm³/mol. The Morgan fingerprint density at radius 3 is 2.81 bits per heavy atom. The summed E-state index contributed by atoms with van der Waals surface area (Å²) in [6.45, 7) is 4.22. The number of hydrogen-bond donors (Lipinski definition) is 0. The summed E-state index contributed by atoms with van der Waals surface area (Å²) in [5.41, 5.74) is 0. The molecule has 1 aromatic rings. The van der Waals surface area contributed by atoms with Crippen LogP contribution in [0.15, 0.2) is 18.2 Å². The Balaban J connectivity index is 2.73. The SMILES string of the molecule is CCCCN(CCBr)c1cccc(OC)n1. The number of ether oxygens (including phenoxy) is 1. The molecule has 0 N–H and O–H groups in total. The van der Waals surface area contributed by atoms with Crippen LogP contribution in [0.1, 0.15) is 19.8 Å². The van der Waals surface area contributed by atoms with Crippen molar-refractivity contribution in [1.82, 2.24) is 4.98 Å². The molecule has 1 aromatic heterocycles. The van der Waals surface area contributed by atoms with Crippen LogP contribution in [0.3, 0.4) is 0 Å². The van der Waals surface area contributed by atoms with E-state index in [-0.39, 0.29) is 0 Å². The van der Waals surface area contributed by atoms with Gasteiger partial charge in [0.15, 0.2) is 0 Å². The summed E-state index contributed by atoms with van der Waals surface area (Å²) in [5.74, 6) is 1.67. The van der Waals surface area contributed by atoms with Crippen LogP contribution >= 0.6 is 15.9 Å². The largest absolute Gasteiger partial charge is 0.481 e. The topological polar surface area (TPSA) is 25.4 Å². The van der Waals surface area contributed by atoms with Crippen molar-refractivity contribution in [3.8, 4) is 5.88 Å². The van der Waals surface area contributed by atoms with Gasteiger partial charge in [-0.3, -0.25) is 0 Å². The van der Waals surface area contributed by atoms with Gasteiger partial charge < -0.3 is 9.64 Å². The average Bonchev–Trinajstić information content (AvgIpc) is 2.34. The average molecular weight is 287 g/mol. The number of methoxy groups -OCH3 is 1. The quantitative estimate of drug-likeness (QED) is 0.721. The van der Waals surface area contributed by atoms with Crippen molar-refractivity contribution in [3.05, 3.63) is 18.2 Å². The number of pyridine rings is 1. The molecule has 0 aliphatic carbocycles. The van der Waals surface area contributed by atoms with Crippen LogP contribution in [-0.4, -0.2) is 30.5 Å². The summed E-state index contributed by atoms with van der Waals surface area (Å²) in [6.07, 6.45) is 2.38. The first-order valence-electron chi connectivity index (χ1n) is 5.63. The van der Waals surface area contributed by atoms with Crippen LogP contribution in [0, 0.1) is 0 Å². The van der Waals surface area contributed by atoms with E-state index < -0.39 is 0 Å². The highest BCUT2D eigenvalue weighted by Crippen LogP contribution is 2.16. The number of nitrogens with zero attached hydrogens (tertiary/aromatic N) is 2. The molecule has 0 aliphatic heterocycles. The number of rotatable bonds is 7. The Hall–Kier alpha value is -0.770. The maximum atomic E-state index is 5.14. The summed E-state index contributed by atoms with van der Waals surface area (Å²) >= 11 is 3.47. The molecule has 0 radical (unpaired) electrons. The Labute approximate surface area is 106 Å². The number of unbranched alkanes of at least 4 members (excludes halogenated alkanes) is 1. The molecule has 0 saturated heterocycles. The zero-order valence-corrected chi connectivity index (χ0v) is 11.5. The first-order valence-corrected chi connectivity index (χ1v) is 6.76. The molecular weight excluding hydrogens is 268 g/mol. The lowest BCUT2D eigenvalue weighted by molar-refractivity contribution is 0.398. The number of hydrogen-bond acceptors (Lipinski definition) is 3. The fourth-order valence-electron chi connectivity index (χ4n) is 1.49. The van der Waals surface area contributed by atoms with Crippen molar-refractivity contribution in [2.24, 2.45) is 0 Å². The van der Waals surface area contributed by atoms with Crippen LogP contribution in [0.25, 0.3) is 0 Å². The molecule has 0 unspecified atom stereocenters. The molecular formula is C12H19BrN2O. The van der Waals surface area contributed by atoms with Crippen LogP contribution in [0.4, 0.5) is 5.82 Å². The molecule has 0 amide bonds. The van der Waals surface area contributed by atoms with E-state index >= 15 is 0 Å². The normalized spacial score (nSPS) is 10.2. The highest BCUT2D eigenvalue weighted by molar-refractivity contribution is 9.09. The molecule has 0 bridgehead atoms. The number of alkyl halides is 1. The molecule has 0 atom stereocenters. The van der Waals surface area contributed by atoms with Crippen LogP contribution in [0.5, 0.6) is 5.88 Å². The maximum Gasteiger partial charge on any atom is 0.214 e. The lowest BCUT2D eigenvalue weighted by Gasteiger charge is -2.22. The Kier molecular flexibility index (Phi) is 6.23. The molecule has 4 heteroatoms. The summed E-state index contributed by atoms with van der Waals surface area (Å²) in [4.78, 5) is 6.72. The summed E-state index contributed by atoms with van der Waals surface area (Å²) in [7, 11) is 1.65. The maximum absolute atomic E-state index is 5.14. The van der Waals surface area contributed by atoms with Gasteiger partial charge in [-0.05, 0) is 12.5 Å². The fourth-order valence-corrected chi connectivity index (χ4v) is 1.91. The van der Waals surface area contributed by atoms with E-state index in [9.17, 15) is 0 Å². The molecule has 90 valence electrons. The van der Waals surface area contributed by atoms with Crippen molar-refractivity contribution in [3.63, 3.8) is 0 Å². The van der Waals surface area contributed by atoms with Gasteiger partial charge in [-0.2, -0.15) is 4.98 Å². The minimum absolute atomic E-state index is 0.675. The summed E-state index contributed by atoms with van der Waals surface area (Å²) < 4.78 is 5.14. The summed E-state index contributed by atoms with van der Waals surface area (Å²) in [5, 5.41) is 0.954. The highest BCUT2D eigenvalue weighted by atomic mass is 79.9. The van der Waals surface area contributed by atoms with Gasteiger partial charge >= 0.3 is 0 Å². The highest BCUT2D eigenvalue weighted by Gasteiger charge is 2.07. The first-order chi connectivity index (χ1) is 7.81. The Bertz CT molecular complexity index is 307. The van der Waals surface area contributed by atoms with Gasteiger partial charge in [0, 0.05) is 24.5 Å². The van der Waals surface area contributed by atoms with Crippen molar-refractivity contribution in [2.45, 2.75) is 19.8 Å². The van der Waals surface area contributed by atoms with Crippen LogP contribution in [-0.2, 0) is 0 Å². The number of aromatic nitrogens is 1. The molecule has 0 aliphatic rings. The predicted octanol–water partition coefficient (Wildman–Crippen LogP) is 3.09. The second kappa shape index (κ2) is 7.49. The molecule has 1 heterocycles. The third-order valence-electron chi connectivity index (χ3n) is 2.38. The fraction of sp³-hybridized carbons (Fsp3) is 0.583. The van der Waals surface area contributed by atoms with E-state index in [0.717, 1.165) is 24.2 Å². The zero-order chi connectivity index (χ0) is 11.8. The van der Waals surface area contributed by atoms with E-state index in [1.165, 1.54) is 12.8 Å². The second-order valence-electron chi connectivity index (χ2n) is 3.57. The van der Waals surface area contributed by atoms with Gasteiger partial charge in [-0.1, -0.05) is 35.3 Å². The number of halogens is 1. The Morgan fingerprint density at radius 1 is 1.38 bits per heavy atom. The smallest absolute Gasteiger partial charge is 0.214 e. The van der Waals surface area contributed by atoms with E-state index in [1.807, 2.05) is 18.2 Å². The molecule has 3 nitrogen and oxygen atoms in total. The van der Waals surface area contributed by atoms with Gasteiger partial charge in [-0.15, -0.1) is 0 Å². The van der Waals surface area contributed by atoms with Gasteiger partial charge in [0.25, 0.3) is 0 Å². The van der Waals surface area contributed by atoms with Crippen LogP contribution < -0.4 is 9.64 Å². The van der Waals surface area contributed by atoms with Crippen molar-refractivity contribution < 1.29 is 4.74 Å². The lowest BCUT2D eigenvalue weighted by atomic mass is 10.3. The third-order valence-corrected chi connectivity index (χ3v) is 2.73. The van der Waals surface area contributed by atoms with Gasteiger partial charge in [0.05, 0.1) is 7.11 Å². The monoisotopic (exact) mass is 286 g/mol. The molecule has 0 aromatic carbocycles. The third kappa shape index (κ3) is 4.00. The molecule has 16 heavy (non-hydrogen) atoms. The van der Waals surface area contributed by atoms with Crippen molar-refractivity contribution >= 4 is 21.7 Å². The van der Waals surface area contributed by atoms with E-state index in [2.05, 4.69) is 32.7 Å². The zero-order valence-electron chi connectivity index (χ0n) is 9.95. The standard InChI is InChI=1S/C12H19BrN2O/c1-3-4-9-15(10-8-13)11-6-5-7-12(14-11)16-2/h5-7H,3-4,8-10H2,1-2H3. The first kappa shape index (κ1) is 13.3. The van der Waals surface area contributed by atoms with E-state index in [1.54, 1.807) is 7.11 Å². The van der Waals surface area contributed by atoms with Gasteiger partial charge in [0.1, 0.15) is 5.82 Å². The van der Waals surface area contributed by atoms with E-state index in [4.69, 9.17) is 4.74 Å². The number of anilines is 1. The Morgan fingerprint density at radius 2 is 2.19 bits per heavy atom. The molecule has 0 saturated carbocycles.